The van der Waals surface area contributed by atoms with Crippen molar-refractivity contribution in [1.29, 1.82) is 0 Å². The molecule has 3 rings (SSSR count). The first-order valence-electron chi connectivity index (χ1n) is 5.98. The molecule has 1 fully saturated rings. The predicted molar refractivity (Wildman–Crippen MR) is 71.5 cm³/mol. The lowest BCUT2D eigenvalue weighted by atomic mass is 10.3. The van der Waals surface area contributed by atoms with Crippen LogP contribution in [0.25, 0.3) is 0 Å². The van der Waals surface area contributed by atoms with Crippen molar-refractivity contribution in [2.75, 3.05) is 5.32 Å². The summed E-state index contributed by atoms with van der Waals surface area (Å²) in [5, 5.41) is 13.7. The van der Waals surface area contributed by atoms with Crippen LogP contribution >= 0.6 is 15.9 Å². The summed E-state index contributed by atoms with van der Waals surface area (Å²) in [4.78, 5) is 0. The van der Waals surface area contributed by atoms with E-state index in [1.165, 1.54) is 18.9 Å². The Bertz CT molecular complexity index is 585. The van der Waals surface area contributed by atoms with Gasteiger partial charge in [0.2, 0.25) is 5.89 Å². The van der Waals surface area contributed by atoms with Crippen LogP contribution < -0.4 is 10.6 Å². The van der Waals surface area contributed by atoms with Gasteiger partial charge in [-0.15, -0.1) is 5.10 Å². The van der Waals surface area contributed by atoms with Crippen molar-refractivity contribution >= 4 is 27.6 Å². The summed E-state index contributed by atoms with van der Waals surface area (Å²) in [6, 6.07) is 5.47. The van der Waals surface area contributed by atoms with Gasteiger partial charge < -0.3 is 15.1 Å². The smallest absolute Gasteiger partial charge is 0.320 e. The number of halogens is 2. The highest BCUT2D eigenvalue weighted by atomic mass is 79.9. The fourth-order valence-electron chi connectivity index (χ4n) is 1.60. The van der Waals surface area contributed by atoms with E-state index in [1.54, 1.807) is 12.1 Å². The van der Waals surface area contributed by atoms with E-state index in [2.05, 4.69) is 36.8 Å². The van der Waals surface area contributed by atoms with E-state index >= 15 is 0 Å². The molecule has 5 nitrogen and oxygen atoms in total. The van der Waals surface area contributed by atoms with Crippen LogP contribution in [-0.4, -0.2) is 16.2 Å². The molecule has 0 aliphatic heterocycles. The molecule has 19 heavy (non-hydrogen) atoms. The molecule has 1 saturated carbocycles. The van der Waals surface area contributed by atoms with Crippen molar-refractivity contribution in [3.8, 4) is 0 Å². The Morgan fingerprint density at radius 1 is 1.37 bits per heavy atom. The number of hydrogen-bond acceptors (Lipinski definition) is 5. The SMILES string of the molecule is Fc1cc(Br)ccc1Nc1nnc(CNC2CC2)o1. The molecule has 2 N–H and O–H groups in total. The van der Waals surface area contributed by atoms with E-state index < -0.39 is 0 Å². The maximum Gasteiger partial charge on any atom is 0.320 e. The number of aromatic nitrogens is 2. The van der Waals surface area contributed by atoms with E-state index in [0.717, 1.165) is 0 Å². The monoisotopic (exact) mass is 326 g/mol. The molecule has 1 aromatic heterocycles. The van der Waals surface area contributed by atoms with Gasteiger partial charge in [0.25, 0.3) is 0 Å². The van der Waals surface area contributed by atoms with E-state index in [0.29, 0.717) is 28.6 Å². The molecule has 1 heterocycles. The lowest BCUT2D eigenvalue weighted by molar-refractivity contribution is 0.478. The summed E-state index contributed by atoms with van der Waals surface area (Å²) < 4.78 is 19.7. The van der Waals surface area contributed by atoms with Gasteiger partial charge in [-0.25, -0.2) is 4.39 Å². The first-order valence-corrected chi connectivity index (χ1v) is 6.78. The zero-order valence-corrected chi connectivity index (χ0v) is 11.6. The van der Waals surface area contributed by atoms with Gasteiger partial charge in [-0.2, -0.15) is 0 Å². The molecular formula is C12H12BrFN4O. The van der Waals surface area contributed by atoms with Crippen molar-refractivity contribution in [2.45, 2.75) is 25.4 Å². The van der Waals surface area contributed by atoms with Crippen LogP contribution in [0, 0.1) is 5.82 Å². The lowest BCUT2D eigenvalue weighted by Gasteiger charge is -2.02. The Labute approximate surface area is 117 Å². The second-order valence-electron chi connectivity index (χ2n) is 4.41. The molecule has 0 amide bonds. The zero-order valence-electron chi connectivity index (χ0n) is 9.99. The van der Waals surface area contributed by atoms with Crippen LogP contribution in [-0.2, 0) is 6.54 Å². The number of nitrogens with one attached hydrogen (secondary N) is 2. The zero-order chi connectivity index (χ0) is 13.2. The second-order valence-corrected chi connectivity index (χ2v) is 5.32. The molecule has 0 unspecified atom stereocenters. The molecule has 0 spiro atoms. The van der Waals surface area contributed by atoms with Crippen molar-refractivity contribution in [2.24, 2.45) is 0 Å². The first-order chi connectivity index (χ1) is 9.20. The molecule has 0 saturated heterocycles. The molecule has 100 valence electrons. The van der Waals surface area contributed by atoms with Gasteiger partial charge >= 0.3 is 6.01 Å². The third-order valence-electron chi connectivity index (χ3n) is 2.76. The van der Waals surface area contributed by atoms with Crippen molar-refractivity contribution in [1.82, 2.24) is 15.5 Å². The van der Waals surface area contributed by atoms with E-state index in [1.807, 2.05) is 0 Å². The van der Waals surface area contributed by atoms with Gasteiger partial charge in [0, 0.05) is 10.5 Å². The fourth-order valence-corrected chi connectivity index (χ4v) is 1.93. The number of nitrogens with zero attached hydrogens (tertiary/aromatic N) is 2. The normalized spacial score (nSPS) is 14.6. The first kappa shape index (κ1) is 12.6. The summed E-state index contributed by atoms with van der Waals surface area (Å²) in [5.41, 5.74) is 0.300. The third kappa shape index (κ3) is 3.30. The molecule has 1 aromatic carbocycles. The van der Waals surface area contributed by atoms with Gasteiger partial charge in [-0.05, 0) is 31.0 Å². The Balaban J connectivity index is 1.65. The molecular weight excluding hydrogens is 315 g/mol. The number of anilines is 2. The quantitative estimate of drug-likeness (QED) is 0.884. The highest BCUT2D eigenvalue weighted by Gasteiger charge is 2.21. The molecule has 2 aromatic rings. The van der Waals surface area contributed by atoms with Gasteiger partial charge in [0.15, 0.2) is 0 Å². The molecule has 0 bridgehead atoms. The van der Waals surface area contributed by atoms with Crippen molar-refractivity contribution in [3.05, 3.63) is 34.4 Å². The van der Waals surface area contributed by atoms with Crippen LogP contribution in [0.1, 0.15) is 18.7 Å². The maximum absolute atomic E-state index is 13.6. The maximum atomic E-state index is 13.6. The summed E-state index contributed by atoms with van der Waals surface area (Å²) in [7, 11) is 0. The topological polar surface area (TPSA) is 63.0 Å². The summed E-state index contributed by atoms with van der Waals surface area (Å²) in [5.74, 6) is 0.108. The minimum absolute atomic E-state index is 0.189. The van der Waals surface area contributed by atoms with Crippen LogP contribution in [0.3, 0.4) is 0 Å². The number of rotatable bonds is 5. The van der Waals surface area contributed by atoms with E-state index in [4.69, 9.17) is 4.42 Å². The highest BCUT2D eigenvalue weighted by Crippen LogP contribution is 2.23. The Hall–Kier alpha value is -1.47. The van der Waals surface area contributed by atoms with E-state index in [9.17, 15) is 4.39 Å². The molecule has 0 atom stereocenters. The third-order valence-corrected chi connectivity index (χ3v) is 3.25. The van der Waals surface area contributed by atoms with Gasteiger partial charge in [0.1, 0.15) is 5.82 Å². The van der Waals surface area contributed by atoms with Gasteiger partial charge in [-0.1, -0.05) is 21.0 Å². The van der Waals surface area contributed by atoms with Crippen molar-refractivity contribution in [3.63, 3.8) is 0 Å². The van der Waals surface area contributed by atoms with Crippen LogP contribution in [0.4, 0.5) is 16.1 Å². The summed E-state index contributed by atoms with van der Waals surface area (Å²) in [6.07, 6.45) is 2.40. The summed E-state index contributed by atoms with van der Waals surface area (Å²) in [6.45, 7) is 0.544. The molecule has 1 aliphatic rings. The Morgan fingerprint density at radius 2 is 2.21 bits per heavy atom. The highest BCUT2D eigenvalue weighted by molar-refractivity contribution is 9.10. The number of hydrogen-bond donors (Lipinski definition) is 2. The Kier molecular flexibility index (Phi) is 3.48. The van der Waals surface area contributed by atoms with E-state index in [-0.39, 0.29) is 11.8 Å². The Morgan fingerprint density at radius 3 is 2.95 bits per heavy atom. The largest absolute Gasteiger partial charge is 0.406 e. The minimum Gasteiger partial charge on any atom is -0.406 e. The van der Waals surface area contributed by atoms with Gasteiger partial charge in [-0.3, -0.25) is 0 Å². The lowest BCUT2D eigenvalue weighted by Crippen LogP contribution is -2.15. The van der Waals surface area contributed by atoms with Crippen LogP contribution in [0.15, 0.2) is 27.1 Å². The average Bonchev–Trinajstić information content (AvgIpc) is 3.10. The second kappa shape index (κ2) is 5.26. The molecule has 0 radical (unpaired) electrons. The number of benzene rings is 1. The molecule has 7 heteroatoms. The van der Waals surface area contributed by atoms with Crippen LogP contribution in [0.2, 0.25) is 0 Å². The molecule has 1 aliphatic carbocycles. The van der Waals surface area contributed by atoms with Crippen LogP contribution in [0.5, 0.6) is 0 Å². The predicted octanol–water partition coefficient (Wildman–Crippen LogP) is 2.97. The fraction of sp³-hybridized carbons (Fsp3) is 0.333. The van der Waals surface area contributed by atoms with Crippen molar-refractivity contribution < 1.29 is 8.81 Å². The minimum atomic E-state index is -0.384. The van der Waals surface area contributed by atoms with Gasteiger partial charge in [0.05, 0.1) is 12.2 Å². The average molecular weight is 327 g/mol. The summed E-state index contributed by atoms with van der Waals surface area (Å²) >= 11 is 3.20. The standard InChI is InChI=1S/C12H12BrFN4O/c13-7-1-4-10(9(14)5-7)16-12-18-17-11(19-12)6-15-8-2-3-8/h1,4-5,8,15H,2-3,6H2,(H,16,18).